The van der Waals surface area contributed by atoms with E-state index in [1.165, 1.54) is 4.90 Å². The molecule has 1 aromatic heterocycles. The number of carboxylic acids is 1. The number of alkyl carbamates (subject to hydrolysis) is 1. The summed E-state index contributed by atoms with van der Waals surface area (Å²) in [5, 5.41) is 15.1. The molecule has 0 spiro atoms. The number of aliphatic carboxylic acids is 1. The van der Waals surface area contributed by atoms with Crippen molar-refractivity contribution >= 4 is 46.7 Å². The fourth-order valence-electron chi connectivity index (χ4n) is 4.69. The molecule has 1 aliphatic heterocycles. The van der Waals surface area contributed by atoms with Gasteiger partial charge in [0, 0.05) is 18.8 Å². The Morgan fingerprint density at radius 1 is 1.00 bits per heavy atom. The van der Waals surface area contributed by atoms with E-state index in [-0.39, 0.29) is 19.6 Å². The van der Waals surface area contributed by atoms with E-state index in [0.29, 0.717) is 18.2 Å². The van der Waals surface area contributed by atoms with Gasteiger partial charge in [-0.15, -0.1) is 0 Å². The van der Waals surface area contributed by atoms with E-state index in [0.717, 1.165) is 27.1 Å². The number of urea groups is 1. The molecule has 12 nitrogen and oxygen atoms in total. The molecule has 2 unspecified atom stereocenters. The lowest BCUT2D eigenvalue weighted by atomic mass is 10.2. The summed E-state index contributed by atoms with van der Waals surface area (Å²) in [5.41, 5.74) is 4.01. The van der Waals surface area contributed by atoms with E-state index >= 15 is 0 Å². The number of H-pyrrole nitrogens is 1. The van der Waals surface area contributed by atoms with Crippen LogP contribution in [0.3, 0.4) is 0 Å². The zero-order valence-electron chi connectivity index (χ0n) is 22.8. The number of anilines is 2. The summed E-state index contributed by atoms with van der Waals surface area (Å²) in [6, 6.07) is 21.2. The summed E-state index contributed by atoms with van der Waals surface area (Å²) in [7, 11) is 0. The van der Waals surface area contributed by atoms with E-state index in [4.69, 9.17) is 4.74 Å². The number of aromatic nitrogens is 2. The molecule has 4 N–H and O–H groups in total. The highest BCUT2D eigenvalue weighted by Crippen LogP contribution is 2.27. The van der Waals surface area contributed by atoms with Crippen LogP contribution in [0.4, 0.5) is 21.2 Å². The van der Waals surface area contributed by atoms with Gasteiger partial charge in [-0.3, -0.25) is 14.6 Å². The SMILES string of the molecule is CC1C(=O)N(CCC(NC(=O)OCc2ccccc2)C(=O)O)C(=O)N1c1ccc(CNc2nc3ccccc3[nH]2)cc1. The fraction of sp³-hybridized carbons (Fsp3) is 0.233. The lowest BCUT2D eigenvalue weighted by Gasteiger charge is -2.20. The Bertz CT molecular complexity index is 1560. The molecule has 0 radical (unpaired) electrons. The van der Waals surface area contributed by atoms with Gasteiger partial charge in [0.1, 0.15) is 18.7 Å². The van der Waals surface area contributed by atoms with Crippen molar-refractivity contribution in [3.05, 3.63) is 90.0 Å². The smallest absolute Gasteiger partial charge is 0.408 e. The van der Waals surface area contributed by atoms with Crippen LogP contribution < -0.4 is 15.5 Å². The molecule has 0 bridgehead atoms. The van der Waals surface area contributed by atoms with Crippen molar-refractivity contribution in [2.75, 3.05) is 16.8 Å². The Hall–Kier alpha value is -5.39. The van der Waals surface area contributed by atoms with Gasteiger partial charge in [-0.05, 0) is 48.7 Å². The van der Waals surface area contributed by atoms with Crippen molar-refractivity contribution in [3.8, 4) is 0 Å². The van der Waals surface area contributed by atoms with Gasteiger partial charge in [0.25, 0.3) is 5.91 Å². The number of hydrogen-bond donors (Lipinski definition) is 4. The second kappa shape index (κ2) is 12.4. The first-order chi connectivity index (χ1) is 20.3. The third-order valence-electron chi connectivity index (χ3n) is 6.96. The topological polar surface area (TPSA) is 157 Å². The van der Waals surface area contributed by atoms with Crippen LogP contribution in [0.2, 0.25) is 0 Å². The van der Waals surface area contributed by atoms with Gasteiger partial charge >= 0.3 is 18.1 Å². The molecule has 1 fully saturated rings. The van der Waals surface area contributed by atoms with Crippen LogP contribution in [0.15, 0.2) is 78.9 Å². The molecule has 2 atom stereocenters. The Labute approximate surface area is 241 Å². The summed E-state index contributed by atoms with van der Waals surface area (Å²) in [4.78, 5) is 60.2. The Kier molecular flexibility index (Phi) is 8.32. The maximum Gasteiger partial charge on any atom is 0.408 e. The number of carbonyl (C=O) groups excluding carboxylic acids is 3. The molecule has 12 heteroatoms. The minimum Gasteiger partial charge on any atom is -0.480 e. The third-order valence-corrected chi connectivity index (χ3v) is 6.96. The quantitative estimate of drug-likeness (QED) is 0.196. The predicted molar refractivity (Wildman–Crippen MR) is 155 cm³/mol. The van der Waals surface area contributed by atoms with Gasteiger partial charge in [0.05, 0.1) is 11.0 Å². The van der Waals surface area contributed by atoms with E-state index in [9.17, 15) is 24.3 Å². The summed E-state index contributed by atoms with van der Waals surface area (Å²) in [5.74, 6) is -1.11. The molecule has 42 heavy (non-hydrogen) atoms. The minimum atomic E-state index is -1.35. The van der Waals surface area contributed by atoms with Crippen molar-refractivity contribution in [1.29, 1.82) is 0 Å². The van der Waals surface area contributed by atoms with Gasteiger partial charge in [-0.1, -0.05) is 54.6 Å². The highest BCUT2D eigenvalue weighted by atomic mass is 16.5. The summed E-state index contributed by atoms with van der Waals surface area (Å²) in [6.07, 6.45) is -1.09. The van der Waals surface area contributed by atoms with E-state index in [1.807, 2.05) is 42.5 Å². The Balaban J connectivity index is 1.16. The average Bonchev–Trinajstić information content (AvgIpc) is 3.51. The molecule has 1 aliphatic rings. The van der Waals surface area contributed by atoms with Crippen molar-refractivity contribution in [1.82, 2.24) is 20.2 Å². The highest BCUT2D eigenvalue weighted by Gasteiger charge is 2.43. The van der Waals surface area contributed by atoms with Gasteiger partial charge in [-0.2, -0.15) is 0 Å². The fourth-order valence-corrected chi connectivity index (χ4v) is 4.69. The number of rotatable bonds is 11. The summed E-state index contributed by atoms with van der Waals surface area (Å²) in [6.45, 7) is 1.90. The first kappa shape index (κ1) is 28.1. The number of aromatic amines is 1. The predicted octanol–water partition coefficient (Wildman–Crippen LogP) is 4.10. The van der Waals surface area contributed by atoms with Crippen LogP contribution in [-0.2, 0) is 27.5 Å². The van der Waals surface area contributed by atoms with Crippen molar-refractivity contribution < 1.29 is 29.0 Å². The number of imide groups is 1. The van der Waals surface area contributed by atoms with Crippen LogP contribution >= 0.6 is 0 Å². The normalized spacial score (nSPS) is 15.6. The van der Waals surface area contributed by atoms with E-state index < -0.39 is 36.1 Å². The molecular formula is C30H30N6O6. The largest absolute Gasteiger partial charge is 0.480 e. The van der Waals surface area contributed by atoms with Gasteiger partial charge < -0.3 is 25.5 Å². The number of benzene rings is 3. The minimum absolute atomic E-state index is 0.0245. The zero-order chi connectivity index (χ0) is 29.6. The number of carboxylic acid groups (broad SMARTS) is 1. The lowest BCUT2D eigenvalue weighted by molar-refractivity contribution is -0.140. The molecule has 2 heterocycles. The number of imidazole rings is 1. The van der Waals surface area contributed by atoms with Crippen LogP contribution in [0.5, 0.6) is 0 Å². The molecule has 0 aliphatic carbocycles. The van der Waals surface area contributed by atoms with Gasteiger partial charge in [0.2, 0.25) is 5.95 Å². The van der Waals surface area contributed by atoms with E-state index in [2.05, 4.69) is 20.6 Å². The average molecular weight is 571 g/mol. The molecule has 3 aromatic carbocycles. The molecule has 1 saturated heterocycles. The van der Waals surface area contributed by atoms with Crippen LogP contribution in [0.25, 0.3) is 11.0 Å². The first-order valence-electron chi connectivity index (χ1n) is 13.4. The second-order valence-electron chi connectivity index (χ2n) is 9.83. The first-order valence-corrected chi connectivity index (χ1v) is 13.4. The van der Waals surface area contributed by atoms with Gasteiger partial charge in [-0.25, -0.2) is 19.4 Å². The molecule has 4 aromatic rings. The Morgan fingerprint density at radius 2 is 1.71 bits per heavy atom. The molecule has 216 valence electrons. The standard InChI is InChI=1S/C30H30N6O6/c1-19-26(37)35(16-15-25(27(38)39)34-29(40)42-18-21-7-3-2-4-8-21)30(41)36(19)22-13-11-20(12-14-22)17-31-28-32-23-9-5-6-10-24(23)33-28/h2-14,19,25H,15-18H2,1H3,(H,34,40)(H,38,39)(H2,31,32,33). The summed E-state index contributed by atoms with van der Waals surface area (Å²) < 4.78 is 5.10. The van der Waals surface area contributed by atoms with Crippen LogP contribution in [0.1, 0.15) is 24.5 Å². The lowest BCUT2D eigenvalue weighted by Crippen LogP contribution is -2.44. The number of carbonyl (C=O) groups is 4. The van der Waals surface area contributed by atoms with Gasteiger partial charge in [0.15, 0.2) is 0 Å². The number of para-hydroxylation sites is 2. The monoisotopic (exact) mass is 570 g/mol. The molecule has 5 rings (SSSR count). The number of fused-ring (bicyclic) bond motifs is 1. The van der Waals surface area contributed by atoms with Crippen LogP contribution in [0, 0.1) is 0 Å². The third kappa shape index (κ3) is 6.33. The van der Waals surface area contributed by atoms with E-state index in [1.54, 1.807) is 43.3 Å². The molecule has 4 amide bonds. The maximum atomic E-state index is 13.2. The number of nitrogens with zero attached hydrogens (tertiary/aromatic N) is 3. The number of nitrogens with one attached hydrogen (secondary N) is 3. The zero-order valence-corrected chi connectivity index (χ0v) is 22.8. The molecular weight excluding hydrogens is 540 g/mol. The highest BCUT2D eigenvalue weighted by molar-refractivity contribution is 6.14. The number of ether oxygens (including phenoxy) is 1. The summed E-state index contributed by atoms with van der Waals surface area (Å²) >= 11 is 0. The Morgan fingerprint density at radius 3 is 2.43 bits per heavy atom. The van der Waals surface area contributed by atoms with Crippen LogP contribution in [-0.4, -0.2) is 62.6 Å². The van der Waals surface area contributed by atoms with Crippen molar-refractivity contribution in [2.45, 2.75) is 38.6 Å². The molecule has 0 saturated carbocycles. The number of hydrogen-bond acceptors (Lipinski definition) is 7. The van der Waals surface area contributed by atoms with Crippen molar-refractivity contribution in [2.24, 2.45) is 0 Å². The second-order valence-corrected chi connectivity index (χ2v) is 9.83. The number of amides is 4. The van der Waals surface area contributed by atoms with Crippen molar-refractivity contribution in [3.63, 3.8) is 0 Å². The maximum absolute atomic E-state index is 13.2.